The van der Waals surface area contributed by atoms with Crippen molar-refractivity contribution in [1.82, 2.24) is 14.9 Å². The van der Waals surface area contributed by atoms with Gasteiger partial charge in [0, 0.05) is 22.8 Å². The molecule has 1 aliphatic rings. The molecule has 33 heavy (non-hydrogen) atoms. The highest BCUT2D eigenvalue weighted by Crippen LogP contribution is 2.31. The number of imidazole rings is 1. The van der Waals surface area contributed by atoms with Gasteiger partial charge >= 0.3 is 0 Å². The summed E-state index contributed by atoms with van der Waals surface area (Å²) >= 11 is 7.56. The molecule has 4 rings (SSSR count). The number of aromatic nitrogens is 2. The monoisotopic (exact) mass is 481 g/mol. The van der Waals surface area contributed by atoms with Gasteiger partial charge in [-0.15, -0.1) is 0 Å². The van der Waals surface area contributed by atoms with Gasteiger partial charge in [0.15, 0.2) is 5.16 Å². The van der Waals surface area contributed by atoms with E-state index in [-0.39, 0.29) is 11.9 Å². The molecule has 6 heteroatoms. The van der Waals surface area contributed by atoms with Gasteiger partial charge in [0.25, 0.3) is 0 Å². The van der Waals surface area contributed by atoms with Gasteiger partial charge in [-0.1, -0.05) is 79.9 Å². The van der Waals surface area contributed by atoms with Crippen LogP contribution in [0.2, 0.25) is 5.02 Å². The van der Waals surface area contributed by atoms with E-state index >= 15 is 0 Å². The Morgan fingerprint density at radius 2 is 1.91 bits per heavy atom. The second kappa shape index (κ2) is 10.4. The van der Waals surface area contributed by atoms with E-state index in [0.717, 1.165) is 28.5 Å². The van der Waals surface area contributed by atoms with Gasteiger partial charge in [-0.3, -0.25) is 9.36 Å². The SMILES string of the molecule is Cc1ccc(-n2cc(-c3ccc(Cl)cc3)nc2SCC(=O)N[C@@H]2CCC[C@@H](C)[C@@H]2C)c(C)c1. The molecule has 1 saturated carbocycles. The van der Waals surface area contributed by atoms with E-state index in [0.29, 0.717) is 22.6 Å². The Balaban J connectivity index is 1.56. The number of carbonyl (C=O) groups excluding carboxylic acids is 1. The molecular weight excluding hydrogens is 450 g/mol. The van der Waals surface area contributed by atoms with Crippen LogP contribution in [0.15, 0.2) is 53.8 Å². The zero-order chi connectivity index (χ0) is 23.5. The minimum atomic E-state index is 0.0779. The van der Waals surface area contributed by atoms with E-state index in [1.54, 1.807) is 0 Å². The zero-order valence-corrected chi connectivity index (χ0v) is 21.3. The molecule has 0 radical (unpaired) electrons. The Hall–Kier alpha value is -2.24. The van der Waals surface area contributed by atoms with E-state index in [4.69, 9.17) is 16.6 Å². The van der Waals surface area contributed by atoms with Crippen LogP contribution < -0.4 is 5.32 Å². The molecule has 1 fully saturated rings. The minimum absolute atomic E-state index is 0.0779. The topological polar surface area (TPSA) is 46.9 Å². The van der Waals surface area contributed by atoms with Gasteiger partial charge < -0.3 is 5.32 Å². The smallest absolute Gasteiger partial charge is 0.230 e. The molecule has 0 aliphatic heterocycles. The quantitative estimate of drug-likeness (QED) is 0.392. The fourth-order valence-corrected chi connectivity index (χ4v) is 5.56. The first-order valence-electron chi connectivity index (χ1n) is 11.7. The van der Waals surface area contributed by atoms with Crippen molar-refractivity contribution in [3.63, 3.8) is 0 Å². The van der Waals surface area contributed by atoms with Crippen molar-refractivity contribution in [1.29, 1.82) is 0 Å². The molecule has 1 amide bonds. The summed E-state index contributed by atoms with van der Waals surface area (Å²) < 4.78 is 2.10. The normalized spacial score (nSPS) is 20.6. The molecule has 2 aromatic carbocycles. The van der Waals surface area contributed by atoms with Crippen LogP contribution >= 0.6 is 23.4 Å². The Kier molecular flexibility index (Phi) is 7.50. The van der Waals surface area contributed by atoms with Crippen LogP contribution in [0, 0.1) is 25.7 Å². The van der Waals surface area contributed by atoms with E-state index < -0.39 is 0 Å². The van der Waals surface area contributed by atoms with Crippen LogP contribution in [0.1, 0.15) is 44.2 Å². The lowest BCUT2D eigenvalue weighted by molar-refractivity contribution is -0.120. The number of aryl methyl sites for hydroxylation is 2. The summed E-state index contributed by atoms with van der Waals surface area (Å²) in [6, 6.07) is 14.4. The van der Waals surface area contributed by atoms with Gasteiger partial charge in [0.1, 0.15) is 0 Å². The highest BCUT2D eigenvalue weighted by atomic mass is 35.5. The predicted octanol–water partition coefficient (Wildman–Crippen LogP) is 6.84. The molecule has 3 aromatic rings. The van der Waals surface area contributed by atoms with Crippen LogP contribution in [0.3, 0.4) is 0 Å². The Labute approximate surface area is 206 Å². The maximum absolute atomic E-state index is 12.8. The second-order valence-corrected chi connectivity index (χ2v) is 10.7. The zero-order valence-electron chi connectivity index (χ0n) is 19.8. The van der Waals surface area contributed by atoms with Crippen LogP contribution in [0.5, 0.6) is 0 Å². The molecule has 0 bridgehead atoms. The number of hydrogen-bond donors (Lipinski definition) is 1. The number of nitrogens with one attached hydrogen (secondary N) is 1. The lowest BCUT2D eigenvalue weighted by Gasteiger charge is -2.34. The van der Waals surface area contributed by atoms with Crippen LogP contribution in [-0.4, -0.2) is 27.3 Å². The fraction of sp³-hybridized carbons (Fsp3) is 0.407. The number of thioether (sulfide) groups is 1. The summed E-state index contributed by atoms with van der Waals surface area (Å²) in [5.74, 6) is 1.59. The van der Waals surface area contributed by atoms with Gasteiger partial charge in [-0.05, 0) is 55.9 Å². The van der Waals surface area contributed by atoms with Crippen molar-refractivity contribution in [2.24, 2.45) is 11.8 Å². The first kappa shape index (κ1) is 23.9. The van der Waals surface area contributed by atoms with Crippen LogP contribution in [0.4, 0.5) is 0 Å². The van der Waals surface area contributed by atoms with Gasteiger partial charge in [0.2, 0.25) is 5.91 Å². The standard InChI is InChI=1S/C27H32ClN3OS/c1-17-8-13-25(19(3)14-17)31-15-24(21-9-11-22(28)12-10-21)30-27(31)33-16-26(32)29-23-7-5-6-18(2)20(23)4/h8-15,18,20,23H,5-7,16H2,1-4H3,(H,29,32)/t18-,20+,23-/m1/s1. The number of nitrogens with zero attached hydrogens (tertiary/aromatic N) is 2. The maximum Gasteiger partial charge on any atom is 0.230 e. The molecule has 0 saturated heterocycles. The molecule has 174 valence electrons. The van der Waals surface area contributed by atoms with Gasteiger partial charge in [0.05, 0.1) is 17.1 Å². The third-order valence-corrected chi connectivity index (χ3v) is 8.02. The number of benzene rings is 2. The minimum Gasteiger partial charge on any atom is -0.352 e. The summed E-state index contributed by atoms with van der Waals surface area (Å²) in [4.78, 5) is 17.7. The molecule has 4 nitrogen and oxygen atoms in total. The third kappa shape index (κ3) is 5.64. The summed E-state index contributed by atoms with van der Waals surface area (Å²) in [5.41, 5.74) is 5.33. The Morgan fingerprint density at radius 3 is 2.64 bits per heavy atom. The number of carbonyl (C=O) groups is 1. The molecule has 1 N–H and O–H groups in total. The first-order valence-corrected chi connectivity index (χ1v) is 13.0. The molecule has 0 unspecified atom stereocenters. The molecule has 0 spiro atoms. The maximum atomic E-state index is 12.8. The van der Waals surface area contributed by atoms with E-state index in [1.807, 2.05) is 30.5 Å². The number of rotatable bonds is 6. The Bertz CT molecular complexity index is 1120. The second-order valence-electron chi connectivity index (χ2n) is 9.31. The summed E-state index contributed by atoms with van der Waals surface area (Å²) in [6.45, 7) is 8.75. The average molecular weight is 482 g/mol. The highest BCUT2D eigenvalue weighted by molar-refractivity contribution is 7.99. The summed E-state index contributed by atoms with van der Waals surface area (Å²) in [5, 5.41) is 4.79. The van der Waals surface area contributed by atoms with Crippen molar-refractivity contribution in [3.05, 3.63) is 64.8 Å². The summed E-state index contributed by atoms with van der Waals surface area (Å²) in [7, 11) is 0. The molecule has 1 heterocycles. The first-order chi connectivity index (χ1) is 15.8. The van der Waals surface area contributed by atoms with Crippen LogP contribution in [-0.2, 0) is 4.79 Å². The lowest BCUT2D eigenvalue weighted by Crippen LogP contribution is -2.44. The highest BCUT2D eigenvalue weighted by Gasteiger charge is 2.28. The lowest BCUT2D eigenvalue weighted by atomic mass is 9.78. The number of halogens is 1. The van der Waals surface area contributed by atoms with Gasteiger partial charge in [-0.2, -0.15) is 0 Å². The van der Waals surface area contributed by atoms with Crippen molar-refractivity contribution in [3.8, 4) is 16.9 Å². The fourth-order valence-electron chi connectivity index (χ4n) is 4.64. The third-order valence-electron chi connectivity index (χ3n) is 6.81. The van der Waals surface area contributed by atoms with E-state index in [2.05, 4.69) is 55.8 Å². The summed E-state index contributed by atoms with van der Waals surface area (Å²) in [6.07, 6.45) is 5.56. The predicted molar refractivity (Wildman–Crippen MR) is 138 cm³/mol. The molecule has 1 aliphatic carbocycles. The number of amides is 1. The van der Waals surface area contributed by atoms with Crippen molar-refractivity contribution < 1.29 is 4.79 Å². The van der Waals surface area contributed by atoms with Gasteiger partial charge in [-0.25, -0.2) is 4.98 Å². The Morgan fingerprint density at radius 1 is 1.15 bits per heavy atom. The van der Waals surface area contributed by atoms with Crippen LogP contribution in [0.25, 0.3) is 16.9 Å². The molecule has 1 aromatic heterocycles. The van der Waals surface area contributed by atoms with E-state index in [1.165, 1.54) is 35.7 Å². The molecular formula is C27H32ClN3OS. The van der Waals surface area contributed by atoms with Crippen molar-refractivity contribution >= 4 is 29.3 Å². The molecule has 3 atom stereocenters. The van der Waals surface area contributed by atoms with Crippen molar-refractivity contribution in [2.45, 2.75) is 58.2 Å². The average Bonchev–Trinajstić information content (AvgIpc) is 3.20. The largest absolute Gasteiger partial charge is 0.352 e. The van der Waals surface area contributed by atoms with E-state index in [9.17, 15) is 4.79 Å². The van der Waals surface area contributed by atoms with Crippen molar-refractivity contribution in [2.75, 3.05) is 5.75 Å². The number of hydrogen-bond acceptors (Lipinski definition) is 3.